The second kappa shape index (κ2) is 8.10. The number of fused-ring (bicyclic) bond motifs is 4. The second-order valence-corrected chi connectivity index (χ2v) is 11.4. The summed E-state index contributed by atoms with van der Waals surface area (Å²) in [6.07, 6.45) is 7.85. The topological polar surface area (TPSA) is 76.0 Å². The van der Waals surface area contributed by atoms with Crippen LogP contribution >= 0.6 is 0 Å². The largest absolute Gasteiger partial charge is 0.490 e. The first-order valence-corrected chi connectivity index (χ1v) is 12.5. The van der Waals surface area contributed by atoms with E-state index in [9.17, 15) is 15.0 Å². The molecular weight excluding hydrogens is 428 g/mol. The number of benzene rings is 1. The number of esters is 1. The number of carbonyl (C=O) groups is 1. The van der Waals surface area contributed by atoms with Gasteiger partial charge in [-0.05, 0) is 59.5 Å². The third kappa shape index (κ3) is 3.24. The van der Waals surface area contributed by atoms with Gasteiger partial charge in [0.1, 0.15) is 18.0 Å². The average molecular weight is 465 g/mol. The van der Waals surface area contributed by atoms with Gasteiger partial charge < -0.3 is 19.7 Å². The highest BCUT2D eigenvalue weighted by Gasteiger charge is 2.72. The molecule has 1 aliphatic heterocycles. The van der Waals surface area contributed by atoms with Crippen LogP contribution in [0.4, 0.5) is 0 Å². The normalized spacial score (nSPS) is 40.4. The van der Waals surface area contributed by atoms with E-state index in [0.717, 1.165) is 36.2 Å². The van der Waals surface area contributed by atoms with Crippen LogP contribution in [0.3, 0.4) is 0 Å². The third-order valence-electron chi connectivity index (χ3n) is 9.35. The van der Waals surface area contributed by atoms with Crippen molar-refractivity contribution in [3.05, 3.63) is 65.5 Å². The Kier molecular flexibility index (Phi) is 5.57. The lowest BCUT2D eigenvalue weighted by atomic mass is 9.40. The molecule has 0 spiro atoms. The fraction of sp³-hybridized carbons (Fsp3) is 0.552. The lowest BCUT2D eigenvalue weighted by Crippen LogP contribution is -2.76. The molecule has 0 aromatic heterocycles. The molecule has 3 aliphatic carbocycles. The maximum atomic E-state index is 13.0. The minimum Gasteiger partial charge on any atom is -0.490 e. The van der Waals surface area contributed by atoms with Gasteiger partial charge in [0.15, 0.2) is 6.10 Å². The van der Waals surface area contributed by atoms with Crippen LogP contribution in [0.1, 0.15) is 52.5 Å². The predicted molar refractivity (Wildman–Crippen MR) is 130 cm³/mol. The monoisotopic (exact) mass is 464 g/mol. The molecule has 34 heavy (non-hydrogen) atoms. The van der Waals surface area contributed by atoms with Crippen molar-refractivity contribution in [1.29, 1.82) is 0 Å². The van der Waals surface area contributed by atoms with Crippen molar-refractivity contribution in [3.63, 3.8) is 0 Å². The van der Waals surface area contributed by atoms with Crippen LogP contribution < -0.4 is 0 Å². The molecule has 7 atom stereocenters. The summed E-state index contributed by atoms with van der Waals surface area (Å²) in [4.78, 5) is 13.0. The molecule has 2 N–H and O–H groups in total. The van der Waals surface area contributed by atoms with Crippen molar-refractivity contribution < 1.29 is 24.5 Å². The van der Waals surface area contributed by atoms with Crippen LogP contribution in [0, 0.1) is 28.6 Å². The van der Waals surface area contributed by atoms with E-state index >= 15 is 0 Å². The van der Waals surface area contributed by atoms with Gasteiger partial charge in [-0.3, -0.25) is 0 Å². The van der Waals surface area contributed by atoms with Gasteiger partial charge in [0, 0.05) is 17.4 Å². The quantitative estimate of drug-likeness (QED) is 0.503. The maximum Gasteiger partial charge on any atom is 0.331 e. The summed E-state index contributed by atoms with van der Waals surface area (Å²) in [7, 11) is 0. The van der Waals surface area contributed by atoms with E-state index in [2.05, 4.69) is 26.0 Å². The predicted octanol–water partition coefficient (Wildman–Crippen LogP) is 4.66. The minimum atomic E-state index is -1.40. The Morgan fingerprint density at radius 3 is 2.65 bits per heavy atom. The van der Waals surface area contributed by atoms with Gasteiger partial charge in [0.2, 0.25) is 0 Å². The van der Waals surface area contributed by atoms with Crippen LogP contribution in [0.15, 0.2) is 59.9 Å². The number of hydrogen-bond acceptors (Lipinski definition) is 5. The van der Waals surface area contributed by atoms with Crippen molar-refractivity contribution in [2.45, 2.75) is 64.8 Å². The Labute approximate surface area is 202 Å². The summed E-state index contributed by atoms with van der Waals surface area (Å²) in [6.45, 7) is 8.84. The maximum absolute atomic E-state index is 13.0. The van der Waals surface area contributed by atoms with Gasteiger partial charge in [-0.1, -0.05) is 64.4 Å². The number of allylic oxidation sites excluding steroid dienone is 2. The summed E-state index contributed by atoms with van der Waals surface area (Å²) < 4.78 is 11.9. The van der Waals surface area contributed by atoms with Gasteiger partial charge in [0.05, 0.1) is 6.10 Å². The van der Waals surface area contributed by atoms with E-state index in [1.807, 2.05) is 44.2 Å². The molecule has 1 heterocycles. The first-order chi connectivity index (χ1) is 16.1. The summed E-state index contributed by atoms with van der Waals surface area (Å²) in [5.41, 5.74) is -0.526. The van der Waals surface area contributed by atoms with Crippen LogP contribution in [-0.2, 0) is 14.3 Å². The lowest BCUT2D eigenvalue weighted by Gasteiger charge is -2.68. The Morgan fingerprint density at radius 1 is 1.18 bits per heavy atom. The van der Waals surface area contributed by atoms with Gasteiger partial charge >= 0.3 is 5.97 Å². The average Bonchev–Trinajstić information content (AvgIpc) is 3.28. The molecule has 1 aromatic rings. The zero-order chi connectivity index (χ0) is 24.3. The lowest BCUT2D eigenvalue weighted by molar-refractivity contribution is -0.310. The Morgan fingerprint density at radius 2 is 1.91 bits per heavy atom. The molecule has 2 fully saturated rings. The van der Waals surface area contributed by atoms with Gasteiger partial charge in [0.25, 0.3) is 0 Å². The highest BCUT2D eigenvalue weighted by atomic mass is 16.6. The number of carbonyl (C=O) groups excluding carboxylic acids is 1. The third-order valence-corrected chi connectivity index (χ3v) is 9.35. The van der Waals surface area contributed by atoms with Crippen molar-refractivity contribution in [3.8, 4) is 0 Å². The first kappa shape index (κ1) is 23.4. The fourth-order valence-corrected chi connectivity index (χ4v) is 7.55. The van der Waals surface area contributed by atoms with E-state index in [0.29, 0.717) is 6.61 Å². The van der Waals surface area contributed by atoms with Crippen LogP contribution in [-0.4, -0.2) is 40.6 Å². The van der Waals surface area contributed by atoms with Crippen molar-refractivity contribution in [2.75, 3.05) is 6.61 Å². The number of aliphatic hydroxyl groups is 2. The summed E-state index contributed by atoms with van der Waals surface area (Å²) in [5, 5.41) is 24.3. The van der Waals surface area contributed by atoms with Gasteiger partial charge in [-0.2, -0.15) is 0 Å². The molecule has 182 valence electrons. The molecule has 0 unspecified atom stereocenters. The molecule has 0 bridgehead atoms. The number of aliphatic hydroxyl groups excluding tert-OH is 1. The molecule has 1 aromatic carbocycles. The molecule has 2 saturated carbocycles. The van der Waals surface area contributed by atoms with Gasteiger partial charge in [-0.15, -0.1) is 0 Å². The zero-order valence-corrected chi connectivity index (χ0v) is 20.5. The standard InChI is InChI=1S/C29H36O5/c1-18-20-13-16-33-22(20)17-21-24(18)25(31)26(29(32)27(2,3)14-8-15-28(21,29)4)34-23(30)12-11-19-9-6-5-7-10-19/h5-7,9-13,17-18,21,24-26,31-32H,8,14-16H2,1-4H3/b12-11+/t18-,21-,24-,25+,26+,28+,29+/m0/s1. The van der Waals surface area contributed by atoms with E-state index in [-0.39, 0.29) is 17.8 Å². The molecule has 5 nitrogen and oxygen atoms in total. The number of hydrogen-bond donors (Lipinski definition) is 2. The summed E-state index contributed by atoms with van der Waals surface area (Å²) in [5.74, 6) is 0.115. The highest BCUT2D eigenvalue weighted by molar-refractivity contribution is 5.87. The minimum absolute atomic E-state index is 0.0370. The fourth-order valence-electron chi connectivity index (χ4n) is 7.55. The molecular formula is C29H36O5. The van der Waals surface area contributed by atoms with Crippen LogP contribution in [0.2, 0.25) is 0 Å². The smallest absolute Gasteiger partial charge is 0.331 e. The number of rotatable bonds is 3. The summed E-state index contributed by atoms with van der Waals surface area (Å²) >= 11 is 0. The molecule has 0 radical (unpaired) electrons. The van der Waals surface area contributed by atoms with Crippen molar-refractivity contribution in [1.82, 2.24) is 0 Å². The Balaban J connectivity index is 1.55. The molecule has 0 amide bonds. The molecule has 4 aliphatic rings. The number of ether oxygens (including phenoxy) is 2. The summed E-state index contributed by atoms with van der Waals surface area (Å²) in [6, 6.07) is 9.54. The molecule has 0 saturated heterocycles. The Hall–Kier alpha value is -2.37. The van der Waals surface area contributed by atoms with Crippen LogP contribution in [0.5, 0.6) is 0 Å². The second-order valence-electron chi connectivity index (χ2n) is 11.4. The molecule has 5 heteroatoms. The van der Waals surface area contributed by atoms with E-state index in [1.54, 1.807) is 6.08 Å². The zero-order valence-electron chi connectivity index (χ0n) is 20.5. The Bertz CT molecular complexity index is 1050. The van der Waals surface area contributed by atoms with Gasteiger partial charge in [-0.25, -0.2) is 4.79 Å². The van der Waals surface area contributed by atoms with Crippen molar-refractivity contribution in [2.24, 2.45) is 28.6 Å². The van der Waals surface area contributed by atoms with Crippen molar-refractivity contribution >= 4 is 12.0 Å². The van der Waals surface area contributed by atoms with Crippen LogP contribution in [0.25, 0.3) is 6.08 Å². The molecule has 5 rings (SSSR count). The van der Waals surface area contributed by atoms with E-state index < -0.39 is 34.6 Å². The highest BCUT2D eigenvalue weighted by Crippen LogP contribution is 2.67. The first-order valence-electron chi connectivity index (χ1n) is 12.5. The SMILES string of the molecule is C[C@H]1C2=CCOC2=C[C@H]2[C@H]1[C@@H](O)[C@@H](OC(=O)/C=C/c1ccccc1)[C@@]1(O)C(C)(C)CCC[C@]21C. The van der Waals surface area contributed by atoms with E-state index in [4.69, 9.17) is 9.47 Å². The van der Waals surface area contributed by atoms with E-state index in [1.165, 1.54) is 6.08 Å².